The number of halogens is 3. The maximum atomic E-state index is 13.4. The standard InChI is InChI=1S/C13H18BrFN2O.ClH/c1-18-13-8-10(14)2-3-11(13)12(9-15)17-6-4-16-5-7-17;/h2-3,8,12,16H,4-7,9H2,1H3;1H/t12-;/m1./s1. The molecule has 2 rings (SSSR count). The molecule has 1 aliphatic heterocycles. The lowest BCUT2D eigenvalue weighted by Gasteiger charge is -2.34. The highest BCUT2D eigenvalue weighted by atomic mass is 79.9. The monoisotopic (exact) mass is 352 g/mol. The fraction of sp³-hybridized carbons (Fsp3) is 0.538. The van der Waals surface area contributed by atoms with Gasteiger partial charge in [-0.15, -0.1) is 12.4 Å². The van der Waals surface area contributed by atoms with Crippen molar-refractivity contribution in [3.63, 3.8) is 0 Å². The molecule has 1 heterocycles. The maximum absolute atomic E-state index is 13.4. The van der Waals surface area contributed by atoms with Gasteiger partial charge in [0.05, 0.1) is 13.2 Å². The SMILES string of the molecule is COc1cc(Br)ccc1[C@@H](CF)N1CCNCC1.Cl. The van der Waals surface area contributed by atoms with E-state index in [1.807, 2.05) is 18.2 Å². The maximum Gasteiger partial charge on any atom is 0.124 e. The number of piperazine rings is 1. The average Bonchev–Trinajstić information content (AvgIpc) is 2.42. The Kier molecular flexibility index (Phi) is 7.07. The summed E-state index contributed by atoms with van der Waals surface area (Å²) >= 11 is 3.41. The van der Waals surface area contributed by atoms with Crippen LogP contribution in [0, 0.1) is 0 Å². The fourth-order valence-electron chi connectivity index (χ4n) is 2.33. The van der Waals surface area contributed by atoms with Crippen LogP contribution in [0.25, 0.3) is 0 Å². The van der Waals surface area contributed by atoms with Crippen molar-refractivity contribution in [1.29, 1.82) is 0 Å². The van der Waals surface area contributed by atoms with E-state index in [1.54, 1.807) is 7.11 Å². The minimum Gasteiger partial charge on any atom is -0.496 e. The zero-order chi connectivity index (χ0) is 13.0. The summed E-state index contributed by atoms with van der Waals surface area (Å²) in [7, 11) is 1.62. The van der Waals surface area contributed by atoms with Crippen LogP contribution >= 0.6 is 28.3 Å². The van der Waals surface area contributed by atoms with Gasteiger partial charge in [0, 0.05) is 36.2 Å². The predicted molar refractivity (Wildman–Crippen MR) is 81.1 cm³/mol. The molecule has 0 unspecified atom stereocenters. The summed E-state index contributed by atoms with van der Waals surface area (Å²) < 4.78 is 19.7. The highest BCUT2D eigenvalue weighted by molar-refractivity contribution is 9.10. The smallest absolute Gasteiger partial charge is 0.124 e. The zero-order valence-electron chi connectivity index (χ0n) is 10.9. The molecule has 108 valence electrons. The van der Waals surface area contributed by atoms with E-state index in [0.717, 1.165) is 42.0 Å². The molecular formula is C13H19BrClFN2O. The van der Waals surface area contributed by atoms with Gasteiger partial charge in [0.15, 0.2) is 0 Å². The molecular weight excluding hydrogens is 335 g/mol. The molecule has 1 aromatic carbocycles. The van der Waals surface area contributed by atoms with Crippen LogP contribution in [0.3, 0.4) is 0 Å². The molecule has 0 amide bonds. The average molecular weight is 354 g/mol. The lowest BCUT2D eigenvalue weighted by atomic mass is 10.0. The molecule has 1 atom stereocenters. The Bertz CT molecular complexity index is 402. The summed E-state index contributed by atoms with van der Waals surface area (Å²) in [5.74, 6) is 0.741. The van der Waals surface area contributed by atoms with Crippen LogP contribution in [0.5, 0.6) is 5.75 Å². The highest BCUT2D eigenvalue weighted by Gasteiger charge is 2.24. The van der Waals surface area contributed by atoms with Crippen molar-refractivity contribution < 1.29 is 9.13 Å². The Morgan fingerprint density at radius 3 is 2.68 bits per heavy atom. The molecule has 0 aliphatic carbocycles. The second-order valence-corrected chi connectivity index (χ2v) is 5.26. The Morgan fingerprint density at radius 1 is 1.42 bits per heavy atom. The van der Waals surface area contributed by atoms with Crippen molar-refractivity contribution in [2.24, 2.45) is 0 Å². The number of nitrogens with one attached hydrogen (secondary N) is 1. The minimum atomic E-state index is -0.391. The van der Waals surface area contributed by atoms with Crippen molar-refractivity contribution in [2.45, 2.75) is 6.04 Å². The lowest BCUT2D eigenvalue weighted by molar-refractivity contribution is 0.145. The molecule has 1 aliphatic rings. The quantitative estimate of drug-likeness (QED) is 0.901. The van der Waals surface area contributed by atoms with Gasteiger partial charge in [0.1, 0.15) is 12.4 Å². The molecule has 0 aromatic heterocycles. The van der Waals surface area contributed by atoms with E-state index in [0.29, 0.717) is 0 Å². The van der Waals surface area contributed by atoms with E-state index in [1.165, 1.54) is 0 Å². The number of hydrogen-bond acceptors (Lipinski definition) is 3. The van der Waals surface area contributed by atoms with E-state index in [2.05, 4.69) is 26.1 Å². The molecule has 19 heavy (non-hydrogen) atoms. The first kappa shape index (κ1) is 16.7. The first-order valence-electron chi connectivity index (χ1n) is 6.10. The lowest BCUT2D eigenvalue weighted by Crippen LogP contribution is -2.45. The van der Waals surface area contributed by atoms with Crippen molar-refractivity contribution in [3.05, 3.63) is 28.2 Å². The molecule has 1 aromatic rings. The van der Waals surface area contributed by atoms with Crippen molar-refractivity contribution in [3.8, 4) is 5.75 Å². The normalized spacial score (nSPS) is 17.6. The number of nitrogens with zero attached hydrogens (tertiary/aromatic N) is 1. The van der Waals surface area contributed by atoms with Crippen LogP contribution in [-0.2, 0) is 0 Å². The molecule has 0 spiro atoms. The molecule has 6 heteroatoms. The number of benzene rings is 1. The highest BCUT2D eigenvalue weighted by Crippen LogP contribution is 2.32. The summed E-state index contributed by atoms with van der Waals surface area (Å²) in [4.78, 5) is 2.17. The second-order valence-electron chi connectivity index (χ2n) is 4.34. The topological polar surface area (TPSA) is 24.5 Å². The van der Waals surface area contributed by atoms with Crippen LogP contribution in [0.1, 0.15) is 11.6 Å². The molecule has 0 radical (unpaired) electrons. The third-order valence-corrected chi connectivity index (χ3v) is 3.79. The van der Waals surface area contributed by atoms with Gasteiger partial charge in [-0.2, -0.15) is 0 Å². The molecule has 1 fully saturated rings. The molecule has 1 N–H and O–H groups in total. The van der Waals surface area contributed by atoms with E-state index < -0.39 is 6.67 Å². The Balaban J connectivity index is 0.00000180. The first-order valence-corrected chi connectivity index (χ1v) is 6.89. The summed E-state index contributed by atoms with van der Waals surface area (Å²) in [5.41, 5.74) is 0.921. The van der Waals surface area contributed by atoms with E-state index >= 15 is 0 Å². The Morgan fingerprint density at radius 2 is 2.11 bits per heavy atom. The number of rotatable bonds is 4. The van der Waals surface area contributed by atoms with Crippen molar-refractivity contribution >= 4 is 28.3 Å². The van der Waals surface area contributed by atoms with Gasteiger partial charge < -0.3 is 10.1 Å². The predicted octanol–water partition coefficient (Wildman–Crippen LogP) is 2.80. The summed E-state index contributed by atoms with van der Waals surface area (Å²) in [6, 6.07) is 5.55. The van der Waals surface area contributed by atoms with Crippen LogP contribution in [0.2, 0.25) is 0 Å². The summed E-state index contributed by atoms with van der Waals surface area (Å²) in [5, 5.41) is 3.28. The Labute approximate surface area is 128 Å². The van der Waals surface area contributed by atoms with Gasteiger partial charge in [-0.05, 0) is 12.1 Å². The van der Waals surface area contributed by atoms with Gasteiger partial charge in [0.2, 0.25) is 0 Å². The molecule has 3 nitrogen and oxygen atoms in total. The largest absolute Gasteiger partial charge is 0.496 e. The van der Waals surface area contributed by atoms with E-state index in [4.69, 9.17) is 4.74 Å². The van der Waals surface area contributed by atoms with Crippen molar-refractivity contribution in [1.82, 2.24) is 10.2 Å². The third kappa shape index (κ3) is 4.05. The van der Waals surface area contributed by atoms with Gasteiger partial charge in [-0.25, -0.2) is 4.39 Å². The zero-order valence-corrected chi connectivity index (χ0v) is 13.3. The van der Waals surface area contributed by atoms with Gasteiger partial charge in [-0.1, -0.05) is 22.0 Å². The first-order chi connectivity index (χ1) is 8.76. The Hall–Kier alpha value is -0.360. The van der Waals surface area contributed by atoms with Crippen LogP contribution in [-0.4, -0.2) is 44.9 Å². The van der Waals surface area contributed by atoms with E-state index in [9.17, 15) is 4.39 Å². The summed E-state index contributed by atoms with van der Waals surface area (Å²) in [6.45, 7) is 3.17. The van der Waals surface area contributed by atoms with Crippen LogP contribution in [0.15, 0.2) is 22.7 Å². The van der Waals surface area contributed by atoms with Gasteiger partial charge >= 0.3 is 0 Å². The summed E-state index contributed by atoms with van der Waals surface area (Å²) in [6.07, 6.45) is 0. The van der Waals surface area contributed by atoms with Gasteiger partial charge in [-0.3, -0.25) is 4.90 Å². The van der Waals surface area contributed by atoms with Crippen LogP contribution < -0.4 is 10.1 Å². The third-order valence-electron chi connectivity index (χ3n) is 3.29. The minimum absolute atomic E-state index is 0. The van der Waals surface area contributed by atoms with Crippen LogP contribution in [0.4, 0.5) is 4.39 Å². The number of alkyl halides is 1. The molecule has 0 bridgehead atoms. The van der Waals surface area contributed by atoms with Crippen molar-refractivity contribution in [2.75, 3.05) is 40.0 Å². The van der Waals surface area contributed by atoms with E-state index in [-0.39, 0.29) is 18.4 Å². The molecule has 0 saturated carbocycles. The fourth-order valence-corrected chi connectivity index (χ4v) is 2.67. The number of methoxy groups -OCH3 is 1. The number of hydrogen-bond donors (Lipinski definition) is 1. The molecule has 1 saturated heterocycles. The number of ether oxygens (including phenoxy) is 1. The second kappa shape index (κ2) is 8.04. The van der Waals surface area contributed by atoms with Gasteiger partial charge in [0.25, 0.3) is 0 Å².